The third-order valence-corrected chi connectivity index (χ3v) is 4.58. The van der Waals surface area contributed by atoms with Crippen molar-refractivity contribution in [3.63, 3.8) is 0 Å². The molecule has 94 valence electrons. The van der Waals surface area contributed by atoms with Crippen molar-refractivity contribution in [3.05, 3.63) is 35.4 Å². The molecule has 1 aromatic carbocycles. The van der Waals surface area contributed by atoms with Gasteiger partial charge in [0.1, 0.15) is 0 Å². The van der Waals surface area contributed by atoms with Crippen molar-refractivity contribution >= 4 is 0 Å². The summed E-state index contributed by atoms with van der Waals surface area (Å²) in [5, 5.41) is 3.56. The number of benzene rings is 1. The Kier molecular flexibility index (Phi) is 3.58. The Morgan fingerprint density at radius 2 is 2.00 bits per heavy atom. The highest BCUT2D eigenvalue weighted by molar-refractivity contribution is 5.29. The molecular weight excluding hydrogens is 206 g/mol. The molecule has 2 unspecified atom stereocenters. The van der Waals surface area contributed by atoms with Gasteiger partial charge in [0.2, 0.25) is 0 Å². The Morgan fingerprint density at radius 1 is 1.29 bits per heavy atom. The highest BCUT2D eigenvalue weighted by Crippen LogP contribution is 2.48. The Hall–Kier alpha value is -0.820. The van der Waals surface area contributed by atoms with Gasteiger partial charge in [-0.25, -0.2) is 0 Å². The monoisotopic (exact) mass is 231 g/mol. The van der Waals surface area contributed by atoms with E-state index >= 15 is 0 Å². The maximum atomic E-state index is 3.56. The molecule has 1 nitrogen and oxygen atoms in total. The molecule has 17 heavy (non-hydrogen) atoms. The second kappa shape index (κ2) is 4.81. The van der Waals surface area contributed by atoms with Gasteiger partial charge < -0.3 is 5.32 Å². The molecule has 0 radical (unpaired) electrons. The average Bonchev–Trinajstić information content (AvgIpc) is 2.63. The molecular formula is C16H25N. The molecule has 2 atom stereocenters. The standard InChI is InChI=1S/C16H25N/c1-12-8-5-6-9-13(12)15(17-4)14-10-7-11-16(14,2)3/h5-6,8-9,14-15,17H,7,10-11H2,1-4H3. The zero-order valence-electron chi connectivity index (χ0n) is 11.6. The van der Waals surface area contributed by atoms with Crippen LogP contribution < -0.4 is 5.32 Å². The highest BCUT2D eigenvalue weighted by atomic mass is 14.9. The lowest BCUT2D eigenvalue weighted by Gasteiger charge is -2.35. The van der Waals surface area contributed by atoms with Crippen LogP contribution in [0.25, 0.3) is 0 Å². The maximum absolute atomic E-state index is 3.56. The predicted octanol–water partition coefficient (Wildman–Crippen LogP) is 4.08. The minimum atomic E-state index is 0.468. The van der Waals surface area contributed by atoms with Crippen molar-refractivity contribution < 1.29 is 0 Å². The number of nitrogens with one attached hydrogen (secondary N) is 1. The average molecular weight is 231 g/mol. The van der Waals surface area contributed by atoms with Gasteiger partial charge in [0.25, 0.3) is 0 Å². The Morgan fingerprint density at radius 3 is 2.53 bits per heavy atom. The van der Waals surface area contributed by atoms with Crippen molar-refractivity contribution in [2.45, 2.75) is 46.1 Å². The second-order valence-electron chi connectivity index (χ2n) is 6.11. The fraction of sp³-hybridized carbons (Fsp3) is 0.625. The van der Waals surface area contributed by atoms with Crippen LogP contribution in [-0.2, 0) is 0 Å². The largest absolute Gasteiger partial charge is 0.313 e. The molecule has 1 fully saturated rings. The molecule has 2 rings (SSSR count). The van der Waals surface area contributed by atoms with Crippen LogP contribution in [0.1, 0.15) is 50.3 Å². The summed E-state index contributed by atoms with van der Waals surface area (Å²) >= 11 is 0. The van der Waals surface area contributed by atoms with Crippen LogP contribution in [0.2, 0.25) is 0 Å². The normalized spacial score (nSPS) is 24.8. The molecule has 0 spiro atoms. The van der Waals surface area contributed by atoms with Gasteiger partial charge in [-0.1, -0.05) is 44.5 Å². The van der Waals surface area contributed by atoms with Crippen LogP contribution >= 0.6 is 0 Å². The lowest BCUT2D eigenvalue weighted by atomic mass is 9.75. The first-order chi connectivity index (χ1) is 8.06. The molecule has 0 amide bonds. The third-order valence-electron chi connectivity index (χ3n) is 4.58. The van der Waals surface area contributed by atoms with E-state index in [4.69, 9.17) is 0 Å². The Labute approximate surface area is 106 Å². The van der Waals surface area contributed by atoms with Gasteiger partial charge in [0, 0.05) is 6.04 Å². The van der Waals surface area contributed by atoms with E-state index in [9.17, 15) is 0 Å². The minimum absolute atomic E-state index is 0.468. The van der Waals surface area contributed by atoms with E-state index < -0.39 is 0 Å². The fourth-order valence-electron chi connectivity index (χ4n) is 3.48. The van der Waals surface area contributed by atoms with Crippen LogP contribution in [0.3, 0.4) is 0 Å². The van der Waals surface area contributed by atoms with E-state index in [1.165, 1.54) is 30.4 Å². The molecule has 1 N–H and O–H groups in total. The van der Waals surface area contributed by atoms with Crippen LogP contribution in [-0.4, -0.2) is 7.05 Å². The molecule has 0 heterocycles. The molecule has 1 saturated carbocycles. The van der Waals surface area contributed by atoms with Crippen molar-refractivity contribution in [1.29, 1.82) is 0 Å². The Bertz CT molecular complexity index is 381. The molecule has 1 heteroatoms. The zero-order chi connectivity index (χ0) is 12.5. The Balaban J connectivity index is 2.31. The first kappa shape index (κ1) is 12.6. The number of aryl methyl sites for hydroxylation is 1. The highest BCUT2D eigenvalue weighted by Gasteiger charge is 2.39. The summed E-state index contributed by atoms with van der Waals surface area (Å²) in [7, 11) is 2.10. The van der Waals surface area contributed by atoms with E-state index in [0.29, 0.717) is 11.5 Å². The molecule has 1 aromatic rings. The molecule has 1 aliphatic rings. The van der Waals surface area contributed by atoms with Crippen molar-refractivity contribution in [2.24, 2.45) is 11.3 Å². The first-order valence-corrected chi connectivity index (χ1v) is 6.79. The van der Waals surface area contributed by atoms with E-state index in [1.54, 1.807) is 0 Å². The minimum Gasteiger partial charge on any atom is -0.313 e. The molecule has 1 aliphatic carbocycles. The van der Waals surface area contributed by atoms with Crippen molar-refractivity contribution in [3.8, 4) is 0 Å². The quantitative estimate of drug-likeness (QED) is 0.826. The van der Waals surface area contributed by atoms with E-state index in [1.807, 2.05) is 0 Å². The first-order valence-electron chi connectivity index (χ1n) is 6.79. The number of hydrogen-bond donors (Lipinski definition) is 1. The molecule has 0 aliphatic heterocycles. The van der Waals surface area contributed by atoms with Crippen molar-refractivity contribution in [1.82, 2.24) is 5.32 Å². The summed E-state index contributed by atoms with van der Waals surface area (Å²) in [5.74, 6) is 0.758. The van der Waals surface area contributed by atoms with Gasteiger partial charge in [-0.2, -0.15) is 0 Å². The zero-order valence-corrected chi connectivity index (χ0v) is 11.6. The van der Waals surface area contributed by atoms with Gasteiger partial charge in [0.15, 0.2) is 0 Å². The van der Waals surface area contributed by atoms with E-state index in [0.717, 1.165) is 5.92 Å². The van der Waals surface area contributed by atoms with E-state index in [2.05, 4.69) is 57.4 Å². The van der Waals surface area contributed by atoms with Crippen LogP contribution in [0, 0.1) is 18.3 Å². The molecule has 0 saturated heterocycles. The summed E-state index contributed by atoms with van der Waals surface area (Å²) in [4.78, 5) is 0. The van der Waals surface area contributed by atoms with Gasteiger partial charge >= 0.3 is 0 Å². The third kappa shape index (κ3) is 2.40. The second-order valence-corrected chi connectivity index (χ2v) is 6.11. The summed E-state index contributed by atoms with van der Waals surface area (Å²) in [5.41, 5.74) is 3.36. The lowest BCUT2D eigenvalue weighted by Crippen LogP contribution is -2.32. The predicted molar refractivity (Wildman–Crippen MR) is 74.1 cm³/mol. The fourth-order valence-corrected chi connectivity index (χ4v) is 3.48. The SMILES string of the molecule is CNC(c1ccccc1C)C1CCCC1(C)C. The number of rotatable bonds is 3. The maximum Gasteiger partial charge on any atom is 0.0353 e. The van der Waals surface area contributed by atoms with Crippen molar-refractivity contribution in [2.75, 3.05) is 7.05 Å². The van der Waals surface area contributed by atoms with Gasteiger partial charge in [-0.15, -0.1) is 0 Å². The van der Waals surface area contributed by atoms with Crippen LogP contribution in [0.4, 0.5) is 0 Å². The summed E-state index contributed by atoms with van der Waals surface area (Å²) in [6, 6.07) is 9.31. The smallest absolute Gasteiger partial charge is 0.0353 e. The van der Waals surface area contributed by atoms with Crippen LogP contribution in [0.5, 0.6) is 0 Å². The van der Waals surface area contributed by atoms with Crippen LogP contribution in [0.15, 0.2) is 24.3 Å². The van der Waals surface area contributed by atoms with Gasteiger partial charge in [-0.05, 0) is 49.3 Å². The summed E-state index contributed by atoms with van der Waals surface area (Å²) in [6.45, 7) is 7.07. The van der Waals surface area contributed by atoms with Gasteiger partial charge in [0.05, 0.1) is 0 Å². The summed E-state index contributed by atoms with van der Waals surface area (Å²) < 4.78 is 0. The summed E-state index contributed by atoms with van der Waals surface area (Å²) in [6.07, 6.45) is 4.09. The van der Waals surface area contributed by atoms with Gasteiger partial charge in [-0.3, -0.25) is 0 Å². The number of hydrogen-bond acceptors (Lipinski definition) is 1. The molecule has 0 aromatic heterocycles. The lowest BCUT2D eigenvalue weighted by molar-refractivity contribution is 0.203. The topological polar surface area (TPSA) is 12.0 Å². The molecule has 0 bridgehead atoms. The van der Waals surface area contributed by atoms with E-state index in [-0.39, 0.29) is 0 Å².